The Hall–Kier alpha value is -1.15. The third kappa shape index (κ3) is 2.42. The molecule has 2 nitrogen and oxygen atoms in total. The fraction of sp³-hybridized carbons (Fsp3) is 0.417. The van der Waals surface area contributed by atoms with Gasteiger partial charge in [0.1, 0.15) is 0 Å². The second-order valence-corrected chi connectivity index (χ2v) is 4.27. The van der Waals surface area contributed by atoms with Crippen molar-refractivity contribution in [1.29, 1.82) is 0 Å². The summed E-state index contributed by atoms with van der Waals surface area (Å²) in [5.41, 5.74) is 6.17. The molecule has 1 unspecified atom stereocenters. The minimum absolute atomic E-state index is 0.109. The van der Waals surface area contributed by atoms with Crippen molar-refractivity contribution < 1.29 is 4.79 Å². The molecule has 14 heavy (non-hydrogen) atoms. The van der Waals surface area contributed by atoms with Crippen LogP contribution in [-0.2, 0) is 0 Å². The number of carbonyl (C=O) groups excluding carboxylic acids is 1. The quantitative estimate of drug-likeness (QED) is 0.744. The van der Waals surface area contributed by atoms with E-state index in [1.54, 1.807) is 0 Å². The van der Waals surface area contributed by atoms with Crippen LogP contribution < -0.4 is 5.73 Å². The van der Waals surface area contributed by atoms with Crippen molar-refractivity contribution in [3.8, 4) is 0 Å². The topological polar surface area (TPSA) is 43.1 Å². The minimum Gasteiger partial charge on any atom is -0.325 e. The molecule has 0 fully saturated rings. The number of benzene rings is 1. The lowest BCUT2D eigenvalue weighted by Gasteiger charge is -2.25. The summed E-state index contributed by atoms with van der Waals surface area (Å²) in [7, 11) is 0. The van der Waals surface area contributed by atoms with Crippen molar-refractivity contribution in [2.75, 3.05) is 0 Å². The molecular formula is C12H17NO. The number of hydrogen-bond acceptors (Lipinski definition) is 2. The van der Waals surface area contributed by atoms with Gasteiger partial charge >= 0.3 is 0 Å². The molecule has 0 saturated carbocycles. The van der Waals surface area contributed by atoms with Gasteiger partial charge in [-0.05, 0) is 13.8 Å². The molecule has 0 spiro atoms. The van der Waals surface area contributed by atoms with E-state index in [9.17, 15) is 4.79 Å². The largest absolute Gasteiger partial charge is 0.325 e. The Balaban J connectivity index is 2.87. The van der Waals surface area contributed by atoms with E-state index in [0.717, 1.165) is 5.56 Å². The third-order valence-corrected chi connectivity index (χ3v) is 2.57. The fourth-order valence-corrected chi connectivity index (χ4v) is 1.19. The Kier molecular flexibility index (Phi) is 3.06. The molecule has 1 aromatic carbocycles. The number of rotatable bonds is 3. The highest BCUT2D eigenvalue weighted by atomic mass is 16.1. The van der Waals surface area contributed by atoms with E-state index in [4.69, 9.17) is 5.73 Å². The lowest BCUT2D eigenvalue weighted by molar-refractivity contribution is 0.0884. The van der Waals surface area contributed by atoms with Gasteiger partial charge in [0.05, 0.1) is 0 Å². The van der Waals surface area contributed by atoms with Gasteiger partial charge in [0.2, 0.25) is 0 Å². The summed E-state index contributed by atoms with van der Waals surface area (Å²) >= 11 is 0. The zero-order chi connectivity index (χ0) is 10.8. The molecule has 1 rings (SSSR count). The minimum atomic E-state index is -0.465. The summed E-state index contributed by atoms with van der Waals surface area (Å²) in [6.07, 6.45) is 0. The molecule has 2 N–H and O–H groups in total. The molecule has 0 radical (unpaired) electrons. The van der Waals surface area contributed by atoms with Crippen molar-refractivity contribution in [3.63, 3.8) is 0 Å². The molecule has 0 saturated heterocycles. The summed E-state index contributed by atoms with van der Waals surface area (Å²) in [4.78, 5) is 11.9. The van der Waals surface area contributed by atoms with Gasteiger partial charge in [0, 0.05) is 17.0 Å². The van der Waals surface area contributed by atoms with E-state index in [1.165, 1.54) is 0 Å². The normalized spacial score (nSPS) is 13.7. The highest BCUT2D eigenvalue weighted by molar-refractivity contribution is 5.98. The Labute approximate surface area is 85.1 Å². The lowest BCUT2D eigenvalue weighted by Crippen LogP contribution is -2.43. The Morgan fingerprint density at radius 3 is 2.21 bits per heavy atom. The van der Waals surface area contributed by atoms with Crippen LogP contribution in [0.3, 0.4) is 0 Å². The molecular weight excluding hydrogens is 174 g/mol. The van der Waals surface area contributed by atoms with Gasteiger partial charge in [-0.2, -0.15) is 0 Å². The molecule has 0 aliphatic rings. The van der Waals surface area contributed by atoms with Crippen molar-refractivity contribution in [2.45, 2.75) is 26.3 Å². The summed E-state index contributed by atoms with van der Waals surface area (Å²) in [5.74, 6) is -0.0528. The van der Waals surface area contributed by atoms with Crippen molar-refractivity contribution >= 4 is 5.78 Å². The molecule has 0 aliphatic heterocycles. The standard InChI is InChI=1S/C12H17NO/c1-9(12(2,3)13)11(14)10-7-5-4-6-8-10/h4-9H,13H2,1-3H3. The molecule has 1 atom stereocenters. The Morgan fingerprint density at radius 1 is 1.29 bits per heavy atom. The number of hydrogen-bond donors (Lipinski definition) is 1. The summed E-state index contributed by atoms with van der Waals surface area (Å²) in [6, 6.07) is 9.27. The highest BCUT2D eigenvalue weighted by Gasteiger charge is 2.27. The first-order chi connectivity index (χ1) is 6.43. The van der Waals surface area contributed by atoms with Crippen molar-refractivity contribution in [3.05, 3.63) is 35.9 Å². The Morgan fingerprint density at radius 2 is 1.79 bits per heavy atom. The molecule has 0 bridgehead atoms. The average Bonchev–Trinajstić information content (AvgIpc) is 2.15. The third-order valence-electron chi connectivity index (χ3n) is 2.57. The predicted octanol–water partition coefficient (Wildman–Crippen LogP) is 2.24. The molecule has 0 aromatic heterocycles. The molecule has 0 aliphatic carbocycles. The zero-order valence-corrected chi connectivity index (χ0v) is 8.95. The van der Waals surface area contributed by atoms with Gasteiger partial charge in [-0.15, -0.1) is 0 Å². The highest BCUT2D eigenvalue weighted by Crippen LogP contribution is 2.18. The first-order valence-electron chi connectivity index (χ1n) is 4.81. The molecule has 76 valence electrons. The van der Waals surface area contributed by atoms with E-state index in [2.05, 4.69) is 0 Å². The number of ketones is 1. The van der Waals surface area contributed by atoms with Crippen LogP contribution in [0.1, 0.15) is 31.1 Å². The number of Topliss-reactive ketones (excluding diaryl/α,β-unsaturated/α-hetero) is 1. The van der Waals surface area contributed by atoms with Crippen LogP contribution in [0.4, 0.5) is 0 Å². The first-order valence-corrected chi connectivity index (χ1v) is 4.81. The second kappa shape index (κ2) is 3.93. The lowest BCUT2D eigenvalue weighted by atomic mass is 9.84. The maximum Gasteiger partial charge on any atom is 0.167 e. The van der Waals surface area contributed by atoms with E-state index in [0.29, 0.717) is 0 Å². The van der Waals surface area contributed by atoms with Crippen LogP contribution in [0.2, 0.25) is 0 Å². The predicted molar refractivity (Wildman–Crippen MR) is 58.2 cm³/mol. The van der Waals surface area contributed by atoms with Crippen LogP contribution in [0.5, 0.6) is 0 Å². The van der Waals surface area contributed by atoms with Gasteiger partial charge in [0.25, 0.3) is 0 Å². The summed E-state index contributed by atoms with van der Waals surface area (Å²) in [5, 5.41) is 0. The van der Waals surface area contributed by atoms with E-state index in [1.807, 2.05) is 51.1 Å². The van der Waals surface area contributed by atoms with Crippen LogP contribution >= 0.6 is 0 Å². The average molecular weight is 191 g/mol. The smallest absolute Gasteiger partial charge is 0.167 e. The molecule has 0 amide bonds. The van der Waals surface area contributed by atoms with Crippen LogP contribution in [0.25, 0.3) is 0 Å². The summed E-state index contributed by atoms with van der Waals surface area (Å²) < 4.78 is 0. The van der Waals surface area contributed by atoms with Gasteiger partial charge in [-0.25, -0.2) is 0 Å². The van der Waals surface area contributed by atoms with Crippen LogP contribution in [0.15, 0.2) is 30.3 Å². The fourth-order valence-electron chi connectivity index (χ4n) is 1.19. The number of nitrogens with two attached hydrogens (primary N) is 1. The van der Waals surface area contributed by atoms with Gasteiger partial charge in [0.15, 0.2) is 5.78 Å². The van der Waals surface area contributed by atoms with Gasteiger partial charge in [-0.1, -0.05) is 37.3 Å². The van der Waals surface area contributed by atoms with Crippen molar-refractivity contribution in [2.24, 2.45) is 11.7 Å². The molecule has 1 aromatic rings. The zero-order valence-electron chi connectivity index (χ0n) is 8.95. The molecule has 2 heteroatoms. The maximum atomic E-state index is 11.9. The van der Waals surface area contributed by atoms with E-state index >= 15 is 0 Å². The summed E-state index contributed by atoms with van der Waals surface area (Å²) in [6.45, 7) is 5.62. The number of carbonyl (C=O) groups is 1. The van der Waals surface area contributed by atoms with Crippen LogP contribution in [-0.4, -0.2) is 11.3 Å². The maximum absolute atomic E-state index is 11.9. The monoisotopic (exact) mass is 191 g/mol. The first kappa shape index (κ1) is 10.9. The SMILES string of the molecule is CC(C(=O)c1ccccc1)C(C)(C)N. The Bertz CT molecular complexity index is 311. The van der Waals surface area contributed by atoms with E-state index in [-0.39, 0.29) is 11.7 Å². The van der Waals surface area contributed by atoms with Gasteiger partial charge in [-0.3, -0.25) is 4.79 Å². The van der Waals surface area contributed by atoms with Crippen LogP contribution in [0, 0.1) is 5.92 Å². The molecule has 0 heterocycles. The van der Waals surface area contributed by atoms with Gasteiger partial charge < -0.3 is 5.73 Å². The van der Waals surface area contributed by atoms with E-state index < -0.39 is 5.54 Å². The van der Waals surface area contributed by atoms with Crippen molar-refractivity contribution in [1.82, 2.24) is 0 Å². The second-order valence-electron chi connectivity index (χ2n) is 4.27.